The average Bonchev–Trinajstić information content (AvgIpc) is 1.61. The van der Waals surface area contributed by atoms with E-state index in [1.165, 1.54) is 0 Å². The molecule has 42 valence electrons. The SMILES string of the molecule is O=[N+]([O-])OCCI. The van der Waals surface area contributed by atoms with Gasteiger partial charge in [-0.3, -0.25) is 0 Å². The zero-order valence-electron chi connectivity index (χ0n) is 3.46. The predicted octanol–water partition coefficient (Wildman–Crippen LogP) is 0.630. The highest BCUT2D eigenvalue weighted by atomic mass is 127. The Morgan fingerprint density at radius 1 is 1.86 bits per heavy atom. The summed E-state index contributed by atoms with van der Waals surface area (Å²) in [5.41, 5.74) is 0. The molecule has 0 aliphatic rings. The highest BCUT2D eigenvalue weighted by Gasteiger charge is 1.88. The van der Waals surface area contributed by atoms with Gasteiger partial charge in [0.15, 0.2) is 0 Å². The molecule has 0 aromatic rings. The number of rotatable bonds is 3. The monoisotopic (exact) mass is 217 g/mol. The molecule has 0 amide bonds. The van der Waals surface area contributed by atoms with Crippen LogP contribution in [-0.4, -0.2) is 16.1 Å². The lowest BCUT2D eigenvalue weighted by molar-refractivity contribution is -0.756. The molecule has 0 N–H and O–H groups in total. The lowest BCUT2D eigenvalue weighted by atomic mass is 10.9. The van der Waals surface area contributed by atoms with Gasteiger partial charge in [-0.1, -0.05) is 22.6 Å². The number of alkyl halides is 1. The maximum atomic E-state index is 9.34. The summed E-state index contributed by atoms with van der Waals surface area (Å²) in [6.45, 7) is 0.188. The molecule has 7 heavy (non-hydrogen) atoms. The van der Waals surface area contributed by atoms with Crippen LogP contribution in [0.1, 0.15) is 0 Å². The van der Waals surface area contributed by atoms with Gasteiger partial charge in [0.05, 0.1) is 0 Å². The third-order valence-corrected chi connectivity index (χ3v) is 0.714. The number of halogens is 1. The normalized spacial score (nSPS) is 8.14. The third kappa shape index (κ3) is 5.93. The molecule has 0 aliphatic heterocycles. The van der Waals surface area contributed by atoms with E-state index in [1.54, 1.807) is 0 Å². The van der Waals surface area contributed by atoms with Crippen LogP contribution < -0.4 is 0 Å². The van der Waals surface area contributed by atoms with Crippen LogP contribution in [0, 0.1) is 10.1 Å². The van der Waals surface area contributed by atoms with E-state index in [4.69, 9.17) is 0 Å². The van der Waals surface area contributed by atoms with Gasteiger partial charge in [0.1, 0.15) is 6.61 Å². The number of nitrogens with zero attached hydrogens (tertiary/aromatic N) is 1. The lowest BCUT2D eigenvalue weighted by Gasteiger charge is -1.88. The lowest BCUT2D eigenvalue weighted by Crippen LogP contribution is -2.01. The second kappa shape index (κ2) is 4.10. The Bertz CT molecular complexity index is 66.0. The van der Waals surface area contributed by atoms with Gasteiger partial charge in [0.25, 0.3) is 5.09 Å². The van der Waals surface area contributed by atoms with E-state index in [2.05, 4.69) is 4.84 Å². The first-order valence-electron chi connectivity index (χ1n) is 1.60. The summed E-state index contributed by atoms with van der Waals surface area (Å²) in [7, 11) is 0. The molecule has 0 radical (unpaired) electrons. The van der Waals surface area contributed by atoms with Crippen LogP contribution in [0.5, 0.6) is 0 Å². The Labute approximate surface area is 54.1 Å². The van der Waals surface area contributed by atoms with E-state index in [0.29, 0.717) is 4.43 Å². The second-order valence-electron chi connectivity index (χ2n) is 0.746. The molecule has 0 aromatic heterocycles. The minimum Gasteiger partial charge on any atom is -0.313 e. The molecule has 0 saturated carbocycles. The quantitative estimate of drug-likeness (QED) is 0.301. The van der Waals surface area contributed by atoms with Crippen molar-refractivity contribution in [1.82, 2.24) is 0 Å². The van der Waals surface area contributed by atoms with Gasteiger partial charge in [-0.05, 0) is 0 Å². The molecular weight excluding hydrogens is 213 g/mol. The Morgan fingerprint density at radius 2 is 2.43 bits per heavy atom. The third-order valence-electron chi connectivity index (χ3n) is 0.274. The van der Waals surface area contributed by atoms with Gasteiger partial charge in [-0.2, -0.15) is 0 Å². The molecule has 0 saturated heterocycles. The van der Waals surface area contributed by atoms with Crippen LogP contribution in [0.2, 0.25) is 0 Å². The first-order valence-corrected chi connectivity index (χ1v) is 3.13. The van der Waals surface area contributed by atoms with E-state index in [-0.39, 0.29) is 6.61 Å². The van der Waals surface area contributed by atoms with Crippen LogP contribution >= 0.6 is 22.6 Å². The van der Waals surface area contributed by atoms with E-state index in [1.807, 2.05) is 22.6 Å². The van der Waals surface area contributed by atoms with Crippen molar-refractivity contribution in [2.75, 3.05) is 11.0 Å². The minimum absolute atomic E-state index is 0.188. The van der Waals surface area contributed by atoms with Gasteiger partial charge in [0, 0.05) is 4.43 Å². The van der Waals surface area contributed by atoms with E-state index in [0.717, 1.165) is 0 Å². The molecular formula is C2H4INO3. The predicted molar refractivity (Wildman–Crippen MR) is 31.8 cm³/mol. The van der Waals surface area contributed by atoms with Gasteiger partial charge in [-0.25, -0.2) is 0 Å². The average molecular weight is 217 g/mol. The summed E-state index contributed by atoms with van der Waals surface area (Å²) in [4.78, 5) is 13.2. The van der Waals surface area contributed by atoms with Crippen LogP contribution in [0.4, 0.5) is 0 Å². The fourth-order valence-corrected chi connectivity index (χ4v) is 0.306. The summed E-state index contributed by atoms with van der Waals surface area (Å²) in [6.07, 6.45) is 0. The minimum atomic E-state index is -0.793. The van der Waals surface area contributed by atoms with Crippen molar-refractivity contribution in [1.29, 1.82) is 0 Å². The number of hydrogen-bond acceptors (Lipinski definition) is 3. The van der Waals surface area contributed by atoms with Crippen molar-refractivity contribution in [2.24, 2.45) is 0 Å². The van der Waals surface area contributed by atoms with E-state index < -0.39 is 5.09 Å². The van der Waals surface area contributed by atoms with Gasteiger partial charge in [0.2, 0.25) is 0 Å². The second-order valence-corrected chi connectivity index (χ2v) is 1.82. The summed E-state index contributed by atoms with van der Waals surface area (Å²) < 4.78 is 0.652. The number of hydrogen-bond donors (Lipinski definition) is 0. The zero-order valence-corrected chi connectivity index (χ0v) is 5.62. The molecule has 0 fully saturated rings. The first-order chi connectivity index (χ1) is 3.27. The van der Waals surface area contributed by atoms with Gasteiger partial charge in [-0.15, -0.1) is 10.1 Å². The van der Waals surface area contributed by atoms with Crippen molar-refractivity contribution in [3.05, 3.63) is 10.1 Å². The summed E-state index contributed by atoms with van der Waals surface area (Å²) in [6, 6.07) is 0. The molecule has 0 aromatic carbocycles. The fourth-order valence-electron chi connectivity index (χ4n) is 0.109. The summed E-state index contributed by atoms with van der Waals surface area (Å²) >= 11 is 1.99. The van der Waals surface area contributed by atoms with E-state index >= 15 is 0 Å². The topological polar surface area (TPSA) is 52.4 Å². The standard InChI is InChI=1S/C2H4INO3/c3-1-2-7-4(5)6/h1-2H2. The van der Waals surface area contributed by atoms with Crippen LogP contribution in [-0.2, 0) is 4.84 Å². The Balaban J connectivity index is 2.82. The molecule has 0 heterocycles. The molecule has 0 rings (SSSR count). The molecule has 0 unspecified atom stereocenters. The molecule has 5 heteroatoms. The summed E-state index contributed by atoms with van der Waals surface area (Å²) in [5, 5.41) is 8.55. The first kappa shape index (κ1) is 6.93. The van der Waals surface area contributed by atoms with E-state index in [9.17, 15) is 10.1 Å². The zero-order chi connectivity index (χ0) is 5.70. The van der Waals surface area contributed by atoms with Gasteiger partial charge < -0.3 is 4.84 Å². The van der Waals surface area contributed by atoms with Crippen LogP contribution in [0.25, 0.3) is 0 Å². The van der Waals surface area contributed by atoms with Crippen LogP contribution in [0.3, 0.4) is 0 Å². The molecule has 0 atom stereocenters. The fraction of sp³-hybridized carbons (Fsp3) is 1.00. The smallest absolute Gasteiger partial charge is 0.294 e. The Morgan fingerprint density at radius 3 is 2.57 bits per heavy atom. The Hall–Kier alpha value is -0.0700. The highest BCUT2D eigenvalue weighted by molar-refractivity contribution is 14.1. The maximum Gasteiger partial charge on any atom is 0.294 e. The van der Waals surface area contributed by atoms with Crippen molar-refractivity contribution in [3.63, 3.8) is 0 Å². The van der Waals surface area contributed by atoms with Crippen molar-refractivity contribution < 1.29 is 9.92 Å². The Kier molecular flexibility index (Phi) is 4.06. The maximum absolute atomic E-state index is 9.34. The highest BCUT2D eigenvalue weighted by Crippen LogP contribution is 1.81. The van der Waals surface area contributed by atoms with Crippen molar-refractivity contribution in [3.8, 4) is 0 Å². The molecule has 0 bridgehead atoms. The van der Waals surface area contributed by atoms with Crippen LogP contribution in [0.15, 0.2) is 0 Å². The van der Waals surface area contributed by atoms with Gasteiger partial charge >= 0.3 is 0 Å². The molecule has 0 spiro atoms. The largest absolute Gasteiger partial charge is 0.313 e. The van der Waals surface area contributed by atoms with Crippen molar-refractivity contribution in [2.45, 2.75) is 0 Å². The van der Waals surface area contributed by atoms with Crippen molar-refractivity contribution >= 4 is 22.6 Å². The molecule has 0 aliphatic carbocycles. The molecule has 4 nitrogen and oxygen atoms in total. The summed E-state index contributed by atoms with van der Waals surface area (Å²) in [5.74, 6) is 0.